The molecule has 7 nitrogen and oxygen atoms in total. The minimum absolute atomic E-state index is 0.327. The quantitative estimate of drug-likeness (QED) is 0.655. The number of nitrogens with one attached hydrogen (secondary N) is 1. The van der Waals surface area contributed by atoms with Crippen LogP contribution in [0.3, 0.4) is 0 Å². The Morgan fingerprint density at radius 2 is 1.70 bits per heavy atom. The molecule has 0 aliphatic carbocycles. The average molecular weight is 366 g/mol. The second-order valence-corrected chi connectivity index (χ2v) is 6.26. The second kappa shape index (κ2) is 6.95. The number of hydrogen-bond acceptors (Lipinski definition) is 4. The van der Waals surface area contributed by atoms with Gasteiger partial charge in [0.1, 0.15) is 17.9 Å². The summed E-state index contributed by atoms with van der Waals surface area (Å²) in [6.07, 6.45) is 0. The smallest absolute Gasteiger partial charge is 0.322 e. The molecule has 1 aromatic heterocycles. The molecule has 3 N–H and O–H groups in total. The molecule has 1 heterocycles. The van der Waals surface area contributed by atoms with Crippen LogP contribution in [0.4, 0.5) is 0 Å². The molecular formula is C20H18N2O5. The first-order valence-electron chi connectivity index (χ1n) is 8.22. The van der Waals surface area contributed by atoms with Gasteiger partial charge in [-0.15, -0.1) is 0 Å². The van der Waals surface area contributed by atoms with E-state index in [0.717, 1.165) is 16.7 Å². The van der Waals surface area contributed by atoms with Crippen LogP contribution >= 0.6 is 0 Å². The SMILES string of the molecule is Cc1ccc(-c2ccc3c(O)c(C(=O)NCC(=O)O)c(=O)n(C)c3c2)cc1. The molecule has 0 atom stereocenters. The van der Waals surface area contributed by atoms with Crippen molar-refractivity contribution in [3.63, 3.8) is 0 Å². The van der Waals surface area contributed by atoms with Gasteiger partial charge in [-0.2, -0.15) is 0 Å². The van der Waals surface area contributed by atoms with Gasteiger partial charge in [-0.3, -0.25) is 14.4 Å². The first kappa shape index (κ1) is 18.2. The van der Waals surface area contributed by atoms with Gasteiger partial charge in [0.2, 0.25) is 0 Å². The monoisotopic (exact) mass is 366 g/mol. The zero-order valence-corrected chi connectivity index (χ0v) is 14.8. The van der Waals surface area contributed by atoms with Crippen LogP contribution in [-0.4, -0.2) is 33.2 Å². The number of carbonyl (C=O) groups is 2. The molecule has 0 aliphatic heterocycles. The molecule has 27 heavy (non-hydrogen) atoms. The molecular weight excluding hydrogens is 348 g/mol. The lowest BCUT2D eigenvalue weighted by Gasteiger charge is -2.13. The van der Waals surface area contributed by atoms with Gasteiger partial charge in [0.05, 0.1) is 5.52 Å². The Kier molecular flexibility index (Phi) is 4.68. The van der Waals surface area contributed by atoms with E-state index in [1.807, 2.05) is 31.2 Å². The Morgan fingerprint density at radius 1 is 1.07 bits per heavy atom. The molecule has 0 saturated carbocycles. The number of aromatic hydroxyl groups is 1. The van der Waals surface area contributed by atoms with E-state index in [-0.39, 0.29) is 0 Å². The van der Waals surface area contributed by atoms with Gasteiger partial charge >= 0.3 is 5.97 Å². The zero-order valence-electron chi connectivity index (χ0n) is 14.8. The number of benzene rings is 2. The number of aryl methyl sites for hydroxylation is 2. The van der Waals surface area contributed by atoms with E-state index in [2.05, 4.69) is 5.32 Å². The van der Waals surface area contributed by atoms with Gasteiger partial charge in [-0.1, -0.05) is 35.9 Å². The highest BCUT2D eigenvalue weighted by Gasteiger charge is 2.21. The molecule has 0 aliphatic rings. The molecule has 0 fully saturated rings. The highest BCUT2D eigenvalue weighted by Crippen LogP contribution is 2.30. The van der Waals surface area contributed by atoms with Crippen LogP contribution in [-0.2, 0) is 11.8 Å². The van der Waals surface area contributed by atoms with Gasteiger partial charge in [-0.25, -0.2) is 0 Å². The molecule has 1 amide bonds. The predicted octanol–water partition coefficient (Wildman–Crippen LogP) is 2.03. The van der Waals surface area contributed by atoms with Gasteiger partial charge in [0.25, 0.3) is 11.5 Å². The van der Waals surface area contributed by atoms with E-state index in [0.29, 0.717) is 10.9 Å². The summed E-state index contributed by atoms with van der Waals surface area (Å²) in [5, 5.41) is 21.6. The van der Waals surface area contributed by atoms with Crippen molar-refractivity contribution >= 4 is 22.8 Å². The molecule has 0 saturated heterocycles. The number of aromatic nitrogens is 1. The van der Waals surface area contributed by atoms with Crippen molar-refractivity contribution in [3.8, 4) is 16.9 Å². The summed E-state index contributed by atoms with van der Waals surface area (Å²) in [5.41, 5.74) is 2.22. The Hall–Kier alpha value is -3.61. The molecule has 0 unspecified atom stereocenters. The van der Waals surface area contributed by atoms with E-state index in [9.17, 15) is 19.5 Å². The highest BCUT2D eigenvalue weighted by molar-refractivity contribution is 6.03. The van der Waals surface area contributed by atoms with Crippen molar-refractivity contribution in [1.29, 1.82) is 0 Å². The third kappa shape index (κ3) is 3.39. The lowest BCUT2D eigenvalue weighted by molar-refractivity contribution is -0.135. The van der Waals surface area contributed by atoms with E-state index < -0.39 is 35.3 Å². The van der Waals surface area contributed by atoms with Crippen molar-refractivity contribution in [2.24, 2.45) is 7.05 Å². The molecule has 138 valence electrons. The zero-order chi connectivity index (χ0) is 19.7. The number of carbonyl (C=O) groups excluding carboxylic acids is 1. The fourth-order valence-corrected chi connectivity index (χ4v) is 2.90. The van der Waals surface area contributed by atoms with E-state index in [1.165, 1.54) is 11.6 Å². The van der Waals surface area contributed by atoms with Gasteiger partial charge in [0.15, 0.2) is 0 Å². The average Bonchev–Trinajstić information content (AvgIpc) is 2.65. The second-order valence-electron chi connectivity index (χ2n) is 6.26. The van der Waals surface area contributed by atoms with Crippen molar-refractivity contribution in [2.45, 2.75) is 6.92 Å². The van der Waals surface area contributed by atoms with Crippen molar-refractivity contribution < 1.29 is 19.8 Å². The topological polar surface area (TPSA) is 109 Å². The summed E-state index contributed by atoms with van der Waals surface area (Å²) in [6, 6.07) is 13.1. The normalized spacial score (nSPS) is 10.7. The molecule has 3 aromatic rings. The minimum Gasteiger partial charge on any atom is -0.506 e. The fraction of sp³-hybridized carbons (Fsp3) is 0.150. The number of hydrogen-bond donors (Lipinski definition) is 3. The van der Waals surface area contributed by atoms with E-state index in [4.69, 9.17) is 5.11 Å². The minimum atomic E-state index is -1.25. The summed E-state index contributed by atoms with van der Waals surface area (Å²) in [5.74, 6) is -2.64. The van der Waals surface area contributed by atoms with Gasteiger partial charge < -0.3 is 20.1 Å². The van der Waals surface area contributed by atoms with Crippen LogP contribution in [0.15, 0.2) is 47.3 Å². The molecule has 0 radical (unpaired) electrons. The third-order valence-electron chi connectivity index (χ3n) is 4.38. The van der Waals surface area contributed by atoms with Crippen LogP contribution in [0.25, 0.3) is 22.0 Å². The molecule has 0 bridgehead atoms. The summed E-state index contributed by atoms with van der Waals surface area (Å²) >= 11 is 0. The largest absolute Gasteiger partial charge is 0.506 e. The fourth-order valence-electron chi connectivity index (χ4n) is 2.90. The maximum Gasteiger partial charge on any atom is 0.322 e. The Morgan fingerprint density at radius 3 is 2.33 bits per heavy atom. The Labute approximate surface area is 154 Å². The summed E-state index contributed by atoms with van der Waals surface area (Å²) in [4.78, 5) is 35.4. The molecule has 7 heteroatoms. The first-order chi connectivity index (χ1) is 12.8. The number of aliphatic carboxylic acids is 1. The third-order valence-corrected chi connectivity index (χ3v) is 4.38. The number of nitrogens with zero attached hydrogens (tertiary/aromatic N) is 1. The van der Waals surface area contributed by atoms with E-state index in [1.54, 1.807) is 18.2 Å². The van der Waals surface area contributed by atoms with Crippen LogP contribution < -0.4 is 10.9 Å². The maximum absolute atomic E-state index is 12.6. The van der Waals surface area contributed by atoms with Crippen LogP contribution in [0, 0.1) is 6.92 Å². The summed E-state index contributed by atoms with van der Waals surface area (Å²) in [7, 11) is 1.50. The maximum atomic E-state index is 12.6. The number of fused-ring (bicyclic) bond motifs is 1. The molecule has 2 aromatic carbocycles. The number of carboxylic acids is 1. The van der Waals surface area contributed by atoms with Gasteiger partial charge in [-0.05, 0) is 30.2 Å². The standard InChI is InChI=1S/C20H18N2O5/c1-11-3-5-12(6-4-11)13-7-8-14-15(9-13)22(2)20(27)17(18(14)25)19(26)21-10-16(23)24/h3-9,25H,10H2,1-2H3,(H,21,26)(H,23,24). The van der Waals surface area contributed by atoms with Crippen molar-refractivity contribution in [2.75, 3.05) is 6.54 Å². The predicted molar refractivity (Wildman–Crippen MR) is 101 cm³/mol. The number of amides is 1. The number of carboxylic acid groups (broad SMARTS) is 1. The molecule has 0 spiro atoms. The lowest BCUT2D eigenvalue weighted by Crippen LogP contribution is -2.35. The Bertz CT molecular complexity index is 1110. The van der Waals surface area contributed by atoms with Crippen molar-refractivity contribution in [3.05, 3.63) is 63.9 Å². The van der Waals surface area contributed by atoms with Gasteiger partial charge in [0, 0.05) is 12.4 Å². The summed E-state index contributed by atoms with van der Waals surface area (Å²) < 4.78 is 1.27. The Balaban J connectivity index is 2.14. The highest BCUT2D eigenvalue weighted by atomic mass is 16.4. The van der Waals surface area contributed by atoms with E-state index >= 15 is 0 Å². The van der Waals surface area contributed by atoms with Crippen LogP contribution in [0.2, 0.25) is 0 Å². The van der Waals surface area contributed by atoms with Crippen LogP contribution in [0.5, 0.6) is 5.75 Å². The first-order valence-corrected chi connectivity index (χ1v) is 8.22. The number of rotatable bonds is 4. The summed E-state index contributed by atoms with van der Waals surface area (Å²) in [6.45, 7) is 1.34. The lowest BCUT2D eigenvalue weighted by atomic mass is 10.0. The van der Waals surface area contributed by atoms with Crippen molar-refractivity contribution in [1.82, 2.24) is 9.88 Å². The molecule has 3 rings (SSSR count). The number of pyridine rings is 1. The van der Waals surface area contributed by atoms with Crippen LogP contribution in [0.1, 0.15) is 15.9 Å².